The van der Waals surface area contributed by atoms with E-state index in [-0.39, 0.29) is 17.7 Å². The smallest absolute Gasteiger partial charge is 0.376 e. The van der Waals surface area contributed by atoms with Crippen molar-refractivity contribution >= 4 is 17.8 Å². The van der Waals surface area contributed by atoms with E-state index >= 15 is 0 Å². The van der Waals surface area contributed by atoms with Crippen LogP contribution in [0, 0.1) is 5.41 Å². The monoisotopic (exact) mass is 279 g/mol. The van der Waals surface area contributed by atoms with Gasteiger partial charge in [0.05, 0.1) is 13.5 Å². The highest BCUT2D eigenvalue weighted by Gasteiger charge is 2.38. The summed E-state index contributed by atoms with van der Waals surface area (Å²) in [4.78, 5) is 30.1. The van der Waals surface area contributed by atoms with Gasteiger partial charge in [-0.25, -0.2) is 14.8 Å². The number of aromatic nitrogens is 2. The number of carboxylic acid groups (broad SMARTS) is 1. The quantitative estimate of drug-likeness (QED) is 0.757. The van der Waals surface area contributed by atoms with Crippen LogP contribution in [-0.4, -0.2) is 40.7 Å². The third kappa shape index (κ3) is 3.23. The second-order valence-corrected chi connectivity index (χ2v) is 5.03. The zero-order chi connectivity index (χ0) is 14.6. The average molecular weight is 279 g/mol. The van der Waals surface area contributed by atoms with Gasteiger partial charge < -0.3 is 15.2 Å². The molecule has 7 nitrogen and oxygen atoms in total. The molecule has 0 aliphatic heterocycles. The average Bonchev–Trinajstić information content (AvgIpc) is 2.40. The van der Waals surface area contributed by atoms with Crippen LogP contribution >= 0.6 is 0 Å². The summed E-state index contributed by atoms with van der Waals surface area (Å²) in [7, 11) is 1.27. The minimum atomic E-state index is -0.788. The number of nitrogens with one attached hydrogen (secondary N) is 1. The molecule has 7 heteroatoms. The first kappa shape index (κ1) is 14.2. The van der Waals surface area contributed by atoms with E-state index in [1.165, 1.54) is 13.3 Å². The molecular formula is C13H17N3O4. The van der Waals surface area contributed by atoms with Gasteiger partial charge in [0.2, 0.25) is 5.82 Å². The van der Waals surface area contributed by atoms with Crippen molar-refractivity contribution < 1.29 is 19.4 Å². The molecule has 0 aromatic carbocycles. The van der Waals surface area contributed by atoms with Crippen LogP contribution in [0.2, 0.25) is 0 Å². The lowest BCUT2D eigenvalue weighted by atomic mass is 9.66. The van der Waals surface area contributed by atoms with Gasteiger partial charge in [-0.05, 0) is 24.3 Å². The number of hydrogen-bond donors (Lipinski definition) is 2. The highest BCUT2D eigenvalue weighted by molar-refractivity contribution is 5.85. The molecule has 1 aromatic rings. The molecule has 0 spiro atoms. The zero-order valence-electron chi connectivity index (χ0n) is 11.3. The first-order valence-corrected chi connectivity index (χ1v) is 6.42. The summed E-state index contributed by atoms with van der Waals surface area (Å²) in [6.07, 6.45) is 4.44. The van der Waals surface area contributed by atoms with E-state index in [2.05, 4.69) is 20.0 Å². The normalized spacial score (nSPS) is 16.1. The summed E-state index contributed by atoms with van der Waals surface area (Å²) in [6, 6.07) is 1.64. The van der Waals surface area contributed by atoms with Gasteiger partial charge in [0.15, 0.2) is 0 Å². The Kier molecular flexibility index (Phi) is 4.16. The molecule has 0 atom stereocenters. The number of hydrogen-bond acceptors (Lipinski definition) is 6. The van der Waals surface area contributed by atoms with Gasteiger partial charge >= 0.3 is 11.9 Å². The van der Waals surface area contributed by atoms with Crippen LogP contribution in [0.3, 0.4) is 0 Å². The van der Waals surface area contributed by atoms with Crippen molar-refractivity contribution in [3.05, 3.63) is 18.1 Å². The molecule has 1 aliphatic rings. The number of carbonyl (C=O) groups excluding carboxylic acids is 1. The van der Waals surface area contributed by atoms with Crippen LogP contribution in [-0.2, 0) is 9.53 Å². The number of ether oxygens (including phenoxy) is 1. The van der Waals surface area contributed by atoms with E-state index in [0.29, 0.717) is 12.4 Å². The van der Waals surface area contributed by atoms with Crippen LogP contribution in [0.5, 0.6) is 0 Å². The number of carbonyl (C=O) groups is 2. The number of carboxylic acids is 1. The van der Waals surface area contributed by atoms with E-state index in [4.69, 9.17) is 5.11 Å². The molecule has 0 bridgehead atoms. The third-order valence-electron chi connectivity index (χ3n) is 3.61. The highest BCUT2D eigenvalue weighted by atomic mass is 16.5. The summed E-state index contributed by atoms with van der Waals surface area (Å²) in [5.74, 6) is -0.905. The maximum absolute atomic E-state index is 11.3. The maximum atomic E-state index is 11.3. The summed E-state index contributed by atoms with van der Waals surface area (Å²) in [5.41, 5.74) is -0.206. The van der Waals surface area contributed by atoms with E-state index in [0.717, 1.165) is 19.3 Å². The molecule has 0 amide bonds. The molecule has 2 N–H and O–H groups in total. The second-order valence-electron chi connectivity index (χ2n) is 5.03. The number of methoxy groups -OCH3 is 1. The Balaban J connectivity index is 2.00. The molecule has 1 saturated carbocycles. The molecular weight excluding hydrogens is 262 g/mol. The Labute approximate surface area is 116 Å². The van der Waals surface area contributed by atoms with Crippen LogP contribution in [0.25, 0.3) is 0 Å². The molecule has 0 radical (unpaired) electrons. The fourth-order valence-corrected chi connectivity index (χ4v) is 2.34. The lowest BCUT2D eigenvalue weighted by Gasteiger charge is -2.41. The number of rotatable bonds is 6. The maximum Gasteiger partial charge on any atom is 0.376 e. The van der Waals surface area contributed by atoms with Gasteiger partial charge in [0.25, 0.3) is 0 Å². The minimum Gasteiger partial charge on any atom is -0.481 e. The van der Waals surface area contributed by atoms with E-state index in [1.54, 1.807) is 6.07 Å². The first-order chi connectivity index (χ1) is 9.54. The predicted molar refractivity (Wildman–Crippen MR) is 70.4 cm³/mol. The summed E-state index contributed by atoms with van der Waals surface area (Å²) >= 11 is 0. The number of aliphatic carboxylic acids is 1. The Hall–Kier alpha value is -2.18. The van der Waals surface area contributed by atoms with Crippen LogP contribution in [0.15, 0.2) is 12.3 Å². The fraction of sp³-hybridized carbons (Fsp3) is 0.538. The third-order valence-corrected chi connectivity index (χ3v) is 3.61. The van der Waals surface area contributed by atoms with Crippen LogP contribution < -0.4 is 5.32 Å². The fourth-order valence-electron chi connectivity index (χ4n) is 2.34. The van der Waals surface area contributed by atoms with Crippen molar-refractivity contribution in [1.82, 2.24) is 9.97 Å². The summed E-state index contributed by atoms with van der Waals surface area (Å²) in [6.45, 7) is 0.525. The van der Waals surface area contributed by atoms with Crippen molar-refractivity contribution in [3.8, 4) is 0 Å². The summed E-state index contributed by atoms with van der Waals surface area (Å²) < 4.78 is 4.55. The van der Waals surface area contributed by atoms with Gasteiger partial charge in [-0.3, -0.25) is 4.79 Å². The molecule has 108 valence electrons. The van der Waals surface area contributed by atoms with E-state index < -0.39 is 11.9 Å². The van der Waals surface area contributed by atoms with Gasteiger partial charge in [0.1, 0.15) is 5.82 Å². The van der Waals surface area contributed by atoms with Gasteiger partial charge in [-0.1, -0.05) is 6.42 Å². The minimum absolute atomic E-state index is 0.0154. The summed E-state index contributed by atoms with van der Waals surface area (Å²) in [5, 5.41) is 12.0. The van der Waals surface area contributed by atoms with Crippen molar-refractivity contribution in [2.75, 3.05) is 19.0 Å². The van der Waals surface area contributed by atoms with E-state index in [1.807, 2.05) is 0 Å². The lowest BCUT2D eigenvalue weighted by Crippen LogP contribution is -2.38. The molecule has 2 rings (SSSR count). The Morgan fingerprint density at radius 2 is 2.25 bits per heavy atom. The lowest BCUT2D eigenvalue weighted by molar-refractivity contribution is -0.141. The van der Waals surface area contributed by atoms with Crippen molar-refractivity contribution in [2.24, 2.45) is 5.41 Å². The van der Waals surface area contributed by atoms with E-state index in [9.17, 15) is 9.59 Å². The first-order valence-electron chi connectivity index (χ1n) is 6.42. The second kappa shape index (κ2) is 5.85. The topological polar surface area (TPSA) is 101 Å². The molecule has 20 heavy (non-hydrogen) atoms. The number of esters is 1. The number of nitrogens with zero attached hydrogens (tertiary/aromatic N) is 2. The molecule has 1 aliphatic carbocycles. The molecule has 1 aromatic heterocycles. The standard InChI is InChI=1S/C13H17N3O4/c1-20-12(19)11-14-6-3-9(16-11)15-8-13(4-2-5-13)7-10(17)18/h3,6H,2,4-5,7-8H2,1H3,(H,17,18)(H,14,15,16). The number of anilines is 1. The van der Waals surface area contributed by atoms with Gasteiger partial charge in [-0.15, -0.1) is 0 Å². The Morgan fingerprint density at radius 3 is 2.80 bits per heavy atom. The van der Waals surface area contributed by atoms with Gasteiger partial charge in [-0.2, -0.15) is 0 Å². The Bertz CT molecular complexity index is 514. The predicted octanol–water partition coefficient (Wildman–Crippen LogP) is 1.32. The van der Waals surface area contributed by atoms with Crippen LogP contribution in [0.4, 0.5) is 5.82 Å². The zero-order valence-corrected chi connectivity index (χ0v) is 11.3. The van der Waals surface area contributed by atoms with Crippen LogP contribution in [0.1, 0.15) is 36.3 Å². The van der Waals surface area contributed by atoms with Crippen molar-refractivity contribution in [2.45, 2.75) is 25.7 Å². The molecule has 0 saturated heterocycles. The molecule has 1 heterocycles. The van der Waals surface area contributed by atoms with Gasteiger partial charge in [0, 0.05) is 12.7 Å². The Morgan fingerprint density at radius 1 is 1.50 bits per heavy atom. The SMILES string of the molecule is COC(=O)c1nccc(NCC2(CC(=O)O)CCC2)n1. The largest absolute Gasteiger partial charge is 0.481 e. The van der Waals surface area contributed by atoms with Crippen molar-refractivity contribution in [3.63, 3.8) is 0 Å². The molecule has 0 unspecified atom stereocenters. The highest BCUT2D eigenvalue weighted by Crippen LogP contribution is 2.43. The van der Waals surface area contributed by atoms with Crippen molar-refractivity contribution in [1.29, 1.82) is 0 Å². The molecule has 1 fully saturated rings.